The molecular weight excluding hydrogens is 285 g/mol. The number of piperazine rings is 1. The predicted octanol–water partition coefficient (Wildman–Crippen LogP) is 1.65. The third-order valence-electron chi connectivity index (χ3n) is 4.19. The van der Waals surface area contributed by atoms with Crippen LogP contribution in [0.5, 0.6) is 0 Å². The number of Topliss-reactive ketones (excluding diaryl/α,β-unsaturated/α-hetero) is 1. The summed E-state index contributed by atoms with van der Waals surface area (Å²) in [6, 6.07) is 4.13. The predicted molar refractivity (Wildman–Crippen MR) is 81.3 cm³/mol. The second-order valence-corrected chi connectivity index (χ2v) is 5.45. The van der Waals surface area contributed by atoms with Gasteiger partial charge < -0.3 is 14.8 Å². The Labute approximate surface area is 127 Å². The van der Waals surface area contributed by atoms with Gasteiger partial charge in [-0.2, -0.15) is 0 Å². The van der Waals surface area contributed by atoms with Gasteiger partial charge in [0, 0.05) is 43.3 Å². The second-order valence-electron chi connectivity index (χ2n) is 5.45. The van der Waals surface area contributed by atoms with E-state index < -0.39 is 11.7 Å². The van der Waals surface area contributed by atoms with E-state index in [2.05, 4.69) is 16.8 Å². The number of ketones is 1. The molecule has 0 aliphatic carbocycles. The summed E-state index contributed by atoms with van der Waals surface area (Å²) < 4.78 is 13.2. The number of nitrogens with one attached hydrogen (secondary N) is 1. The van der Waals surface area contributed by atoms with Gasteiger partial charge in [0.1, 0.15) is 5.82 Å². The van der Waals surface area contributed by atoms with Crippen LogP contribution in [0.4, 0.5) is 4.39 Å². The molecule has 0 atom stereocenters. The van der Waals surface area contributed by atoms with Crippen molar-refractivity contribution in [3.05, 3.63) is 35.8 Å². The minimum absolute atomic E-state index is 0.304. The molecule has 0 radical (unpaired) electrons. The lowest BCUT2D eigenvalue weighted by Crippen LogP contribution is -2.50. The van der Waals surface area contributed by atoms with Gasteiger partial charge in [-0.3, -0.25) is 9.59 Å². The number of amides is 1. The maximum absolute atomic E-state index is 13.2. The van der Waals surface area contributed by atoms with Crippen molar-refractivity contribution in [2.24, 2.45) is 0 Å². The Hall–Kier alpha value is -2.21. The van der Waals surface area contributed by atoms with E-state index in [0.29, 0.717) is 29.6 Å². The molecule has 1 aromatic carbocycles. The summed E-state index contributed by atoms with van der Waals surface area (Å²) in [5.74, 6) is -1.40. The van der Waals surface area contributed by atoms with Crippen LogP contribution in [0.15, 0.2) is 24.4 Å². The average molecular weight is 303 g/mol. The number of fused-ring (bicyclic) bond motifs is 1. The van der Waals surface area contributed by atoms with Crippen LogP contribution in [0.2, 0.25) is 0 Å². The number of hydrogen-bond donors (Lipinski definition) is 1. The van der Waals surface area contributed by atoms with Crippen molar-refractivity contribution >= 4 is 22.6 Å². The standard InChI is InChI=1S/C16H18FN3O2/c1-2-19-5-7-20(8-6-19)16(22)15(21)13-10-18-14-9-11(17)3-4-12(13)14/h3-4,9-10,18H,2,5-8H2,1H3. The zero-order valence-electron chi connectivity index (χ0n) is 12.4. The fourth-order valence-electron chi connectivity index (χ4n) is 2.81. The molecule has 1 aliphatic rings. The fraction of sp³-hybridized carbons (Fsp3) is 0.375. The number of benzene rings is 1. The summed E-state index contributed by atoms with van der Waals surface area (Å²) in [7, 11) is 0. The molecule has 2 aromatic rings. The average Bonchev–Trinajstić information content (AvgIpc) is 2.96. The van der Waals surface area contributed by atoms with Crippen LogP contribution >= 0.6 is 0 Å². The Morgan fingerprint density at radius 3 is 2.64 bits per heavy atom. The van der Waals surface area contributed by atoms with Gasteiger partial charge in [-0.15, -0.1) is 0 Å². The number of rotatable bonds is 3. The highest BCUT2D eigenvalue weighted by Crippen LogP contribution is 2.20. The molecule has 1 aliphatic heterocycles. The molecule has 22 heavy (non-hydrogen) atoms. The monoisotopic (exact) mass is 303 g/mol. The summed E-state index contributed by atoms with van der Waals surface area (Å²) in [5, 5.41) is 0.576. The van der Waals surface area contributed by atoms with Crippen molar-refractivity contribution in [1.82, 2.24) is 14.8 Å². The Kier molecular flexibility index (Phi) is 3.94. The maximum atomic E-state index is 13.2. The second kappa shape index (κ2) is 5.88. The summed E-state index contributed by atoms with van der Waals surface area (Å²) in [6.45, 7) is 5.73. The number of aromatic nitrogens is 1. The molecule has 1 amide bonds. The van der Waals surface area contributed by atoms with Gasteiger partial charge in [-0.25, -0.2) is 4.39 Å². The molecule has 0 unspecified atom stereocenters. The molecule has 0 spiro atoms. The number of halogens is 1. The number of hydrogen-bond acceptors (Lipinski definition) is 3. The molecule has 6 heteroatoms. The number of carbonyl (C=O) groups excluding carboxylic acids is 2. The third-order valence-corrected chi connectivity index (χ3v) is 4.19. The summed E-state index contributed by atoms with van der Waals surface area (Å²) in [6.07, 6.45) is 1.48. The Morgan fingerprint density at radius 2 is 1.95 bits per heavy atom. The molecule has 3 rings (SSSR count). The number of H-pyrrole nitrogens is 1. The SMILES string of the molecule is CCN1CCN(C(=O)C(=O)c2c[nH]c3cc(F)ccc23)CC1. The van der Waals surface area contributed by atoms with E-state index in [9.17, 15) is 14.0 Å². The minimum atomic E-state index is -0.539. The Balaban J connectivity index is 1.79. The van der Waals surface area contributed by atoms with Gasteiger partial charge in [-0.05, 0) is 24.7 Å². The number of likely N-dealkylation sites (N-methyl/N-ethyl adjacent to an activating group) is 1. The van der Waals surface area contributed by atoms with Crippen LogP contribution in [-0.2, 0) is 4.79 Å². The normalized spacial score (nSPS) is 16.2. The molecule has 2 heterocycles. The zero-order valence-corrected chi connectivity index (χ0v) is 12.4. The van der Waals surface area contributed by atoms with E-state index in [-0.39, 0.29) is 5.82 Å². The molecule has 116 valence electrons. The van der Waals surface area contributed by atoms with Crippen LogP contribution < -0.4 is 0 Å². The number of aromatic amines is 1. The van der Waals surface area contributed by atoms with Gasteiger partial charge in [-0.1, -0.05) is 6.92 Å². The van der Waals surface area contributed by atoms with E-state index in [0.717, 1.165) is 19.6 Å². The Morgan fingerprint density at radius 1 is 1.23 bits per heavy atom. The molecule has 1 fully saturated rings. The van der Waals surface area contributed by atoms with E-state index in [1.165, 1.54) is 24.4 Å². The molecule has 0 bridgehead atoms. The Bertz CT molecular complexity index is 717. The van der Waals surface area contributed by atoms with Gasteiger partial charge in [0.05, 0.1) is 5.56 Å². The topological polar surface area (TPSA) is 56.4 Å². The van der Waals surface area contributed by atoms with Crippen LogP contribution in [-0.4, -0.2) is 59.2 Å². The molecule has 1 aromatic heterocycles. The molecule has 1 saturated heterocycles. The lowest BCUT2D eigenvalue weighted by Gasteiger charge is -2.33. The van der Waals surface area contributed by atoms with Crippen molar-refractivity contribution in [3.63, 3.8) is 0 Å². The van der Waals surface area contributed by atoms with E-state index in [1.54, 1.807) is 4.90 Å². The van der Waals surface area contributed by atoms with Gasteiger partial charge in [0.15, 0.2) is 0 Å². The van der Waals surface area contributed by atoms with Crippen molar-refractivity contribution in [3.8, 4) is 0 Å². The van der Waals surface area contributed by atoms with Gasteiger partial charge in [0.25, 0.3) is 11.7 Å². The van der Waals surface area contributed by atoms with Crippen molar-refractivity contribution in [2.45, 2.75) is 6.92 Å². The molecule has 0 saturated carbocycles. The van der Waals surface area contributed by atoms with Crippen molar-refractivity contribution in [1.29, 1.82) is 0 Å². The van der Waals surface area contributed by atoms with Crippen LogP contribution in [0.1, 0.15) is 17.3 Å². The lowest BCUT2D eigenvalue weighted by molar-refractivity contribution is -0.128. The number of carbonyl (C=O) groups is 2. The highest BCUT2D eigenvalue weighted by atomic mass is 19.1. The molecular formula is C16H18FN3O2. The summed E-state index contributed by atoms with van der Waals surface area (Å²) in [5.41, 5.74) is 0.824. The van der Waals surface area contributed by atoms with Crippen LogP contribution in [0, 0.1) is 5.82 Å². The first-order valence-corrected chi connectivity index (χ1v) is 7.42. The molecule has 5 nitrogen and oxygen atoms in total. The van der Waals surface area contributed by atoms with Crippen molar-refractivity contribution in [2.75, 3.05) is 32.7 Å². The van der Waals surface area contributed by atoms with Crippen LogP contribution in [0.25, 0.3) is 10.9 Å². The number of nitrogens with zero attached hydrogens (tertiary/aromatic N) is 2. The smallest absolute Gasteiger partial charge is 0.295 e. The largest absolute Gasteiger partial charge is 0.360 e. The fourth-order valence-corrected chi connectivity index (χ4v) is 2.81. The third kappa shape index (κ3) is 2.62. The summed E-state index contributed by atoms with van der Waals surface area (Å²) in [4.78, 5) is 31.5. The van der Waals surface area contributed by atoms with Crippen molar-refractivity contribution < 1.29 is 14.0 Å². The summed E-state index contributed by atoms with van der Waals surface area (Å²) >= 11 is 0. The highest BCUT2D eigenvalue weighted by Gasteiger charge is 2.27. The lowest BCUT2D eigenvalue weighted by atomic mass is 10.1. The van der Waals surface area contributed by atoms with Gasteiger partial charge in [0.2, 0.25) is 0 Å². The van der Waals surface area contributed by atoms with E-state index in [4.69, 9.17) is 0 Å². The maximum Gasteiger partial charge on any atom is 0.295 e. The van der Waals surface area contributed by atoms with E-state index in [1.807, 2.05) is 0 Å². The first-order valence-electron chi connectivity index (χ1n) is 7.42. The van der Waals surface area contributed by atoms with Gasteiger partial charge >= 0.3 is 0 Å². The first kappa shape index (κ1) is 14.7. The minimum Gasteiger partial charge on any atom is -0.360 e. The zero-order chi connectivity index (χ0) is 15.7. The first-order chi connectivity index (χ1) is 10.6. The highest BCUT2D eigenvalue weighted by molar-refractivity contribution is 6.44. The van der Waals surface area contributed by atoms with E-state index >= 15 is 0 Å². The quantitative estimate of drug-likeness (QED) is 0.693. The van der Waals surface area contributed by atoms with Crippen LogP contribution in [0.3, 0.4) is 0 Å². The molecule has 1 N–H and O–H groups in total.